The number of nitrogens with zero attached hydrogens (tertiary/aromatic N) is 2. The molecule has 0 saturated heterocycles. The van der Waals surface area contributed by atoms with Gasteiger partial charge in [-0.3, -0.25) is 4.79 Å². The molecule has 0 bridgehead atoms. The molecule has 144 valence electrons. The maximum atomic E-state index is 12.5. The van der Waals surface area contributed by atoms with E-state index in [-0.39, 0.29) is 5.91 Å². The molecule has 0 saturated carbocycles. The van der Waals surface area contributed by atoms with E-state index in [0.717, 1.165) is 29.8 Å². The van der Waals surface area contributed by atoms with Gasteiger partial charge in [0.15, 0.2) is 6.10 Å². The summed E-state index contributed by atoms with van der Waals surface area (Å²) in [5, 5.41) is 2.97. The van der Waals surface area contributed by atoms with Gasteiger partial charge in [0.2, 0.25) is 0 Å². The number of aromatic nitrogens is 2. The topological polar surface area (TPSA) is 56.1 Å². The van der Waals surface area contributed by atoms with Crippen molar-refractivity contribution < 1.29 is 9.53 Å². The van der Waals surface area contributed by atoms with Gasteiger partial charge in [-0.2, -0.15) is 0 Å². The zero-order valence-corrected chi connectivity index (χ0v) is 16.1. The number of imidazole rings is 1. The summed E-state index contributed by atoms with van der Waals surface area (Å²) < 4.78 is 7.95. The summed E-state index contributed by atoms with van der Waals surface area (Å²) in [5.41, 5.74) is 4.71. The Morgan fingerprint density at radius 1 is 1.18 bits per heavy atom. The highest BCUT2D eigenvalue weighted by Gasteiger charge is 2.19. The van der Waals surface area contributed by atoms with Crippen LogP contribution in [0.25, 0.3) is 5.69 Å². The second-order valence-electron chi connectivity index (χ2n) is 7.22. The van der Waals surface area contributed by atoms with E-state index >= 15 is 0 Å². The maximum absolute atomic E-state index is 12.5. The highest BCUT2D eigenvalue weighted by molar-refractivity contribution is 5.80. The lowest BCUT2D eigenvalue weighted by Gasteiger charge is -2.22. The molecule has 1 amide bonds. The van der Waals surface area contributed by atoms with Crippen molar-refractivity contribution in [2.45, 2.75) is 45.3 Å². The molecule has 0 unspecified atom stereocenters. The lowest BCUT2D eigenvalue weighted by Crippen LogP contribution is -2.36. The van der Waals surface area contributed by atoms with E-state index in [1.54, 1.807) is 19.4 Å². The van der Waals surface area contributed by atoms with Gasteiger partial charge in [0.05, 0.1) is 6.33 Å². The average molecular weight is 375 g/mol. The molecule has 1 N–H and O–H groups in total. The first kappa shape index (κ1) is 18.3. The minimum atomic E-state index is -0.529. The summed E-state index contributed by atoms with van der Waals surface area (Å²) in [7, 11) is 0. The van der Waals surface area contributed by atoms with E-state index in [4.69, 9.17) is 4.74 Å². The van der Waals surface area contributed by atoms with Crippen LogP contribution in [-0.4, -0.2) is 21.6 Å². The lowest BCUT2D eigenvalue weighted by atomic mass is 9.91. The molecule has 0 fully saturated rings. The van der Waals surface area contributed by atoms with Crippen LogP contribution in [0.4, 0.5) is 0 Å². The number of benzene rings is 2. The van der Waals surface area contributed by atoms with Crippen LogP contribution in [0.1, 0.15) is 36.5 Å². The molecular weight excluding hydrogens is 350 g/mol. The van der Waals surface area contributed by atoms with Crippen molar-refractivity contribution in [3.63, 3.8) is 0 Å². The standard InChI is InChI=1S/C23H25N3O2/c1-17(28-22-8-4-6-19-5-2-3-7-21(19)22)23(27)25-15-18-9-11-20(12-10-18)26-14-13-24-16-26/h4,6,8-14,16-17H,2-3,5,7,15H2,1H3,(H,25,27)/t17-/m0/s1. The summed E-state index contributed by atoms with van der Waals surface area (Å²) in [6.07, 6.45) is 9.43. The van der Waals surface area contributed by atoms with Crippen LogP contribution in [0.5, 0.6) is 5.75 Å². The Kier molecular flexibility index (Phi) is 5.42. The molecule has 1 aliphatic carbocycles. The van der Waals surface area contributed by atoms with Crippen LogP contribution in [0.15, 0.2) is 61.2 Å². The molecule has 3 aromatic rings. The van der Waals surface area contributed by atoms with Gasteiger partial charge < -0.3 is 14.6 Å². The van der Waals surface area contributed by atoms with Crippen LogP contribution in [0.3, 0.4) is 0 Å². The van der Waals surface area contributed by atoms with E-state index in [2.05, 4.69) is 16.4 Å². The third-order valence-electron chi connectivity index (χ3n) is 5.23. The van der Waals surface area contributed by atoms with Crippen molar-refractivity contribution in [1.82, 2.24) is 14.9 Å². The van der Waals surface area contributed by atoms with E-state index in [9.17, 15) is 4.79 Å². The normalized spacial score (nSPS) is 14.2. The first-order chi connectivity index (χ1) is 13.7. The minimum Gasteiger partial charge on any atom is -0.481 e. The number of aryl methyl sites for hydroxylation is 1. The Hall–Kier alpha value is -3.08. The van der Waals surface area contributed by atoms with Gasteiger partial charge in [-0.25, -0.2) is 4.98 Å². The maximum Gasteiger partial charge on any atom is 0.261 e. The van der Waals surface area contributed by atoms with Crippen LogP contribution in [0.2, 0.25) is 0 Å². The van der Waals surface area contributed by atoms with Crippen molar-refractivity contribution in [3.8, 4) is 11.4 Å². The Morgan fingerprint density at radius 2 is 2.00 bits per heavy atom. The molecule has 5 nitrogen and oxygen atoms in total. The van der Waals surface area contributed by atoms with Crippen molar-refractivity contribution in [2.24, 2.45) is 0 Å². The number of carbonyl (C=O) groups excluding carboxylic acids is 1. The Labute approximate surface area is 165 Å². The molecule has 0 spiro atoms. The highest BCUT2D eigenvalue weighted by atomic mass is 16.5. The lowest BCUT2D eigenvalue weighted by molar-refractivity contribution is -0.127. The van der Waals surface area contributed by atoms with Gasteiger partial charge in [0.25, 0.3) is 5.91 Å². The van der Waals surface area contributed by atoms with Gasteiger partial charge in [-0.1, -0.05) is 24.3 Å². The van der Waals surface area contributed by atoms with E-state index < -0.39 is 6.10 Å². The fourth-order valence-electron chi connectivity index (χ4n) is 3.63. The predicted octanol–water partition coefficient (Wildman–Crippen LogP) is 3.83. The van der Waals surface area contributed by atoms with E-state index in [1.165, 1.54) is 24.0 Å². The molecule has 28 heavy (non-hydrogen) atoms. The highest BCUT2D eigenvalue weighted by Crippen LogP contribution is 2.30. The monoisotopic (exact) mass is 375 g/mol. The first-order valence-corrected chi connectivity index (χ1v) is 9.83. The molecule has 1 atom stereocenters. The Bertz CT molecular complexity index is 933. The molecule has 0 radical (unpaired) electrons. The average Bonchev–Trinajstić information content (AvgIpc) is 3.27. The second-order valence-corrected chi connectivity index (χ2v) is 7.22. The van der Waals surface area contributed by atoms with Crippen molar-refractivity contribution in [1.29, 1.82) is 0 Å². The van der Waals surface area contributed by atoms with E-state index in [0.29, 0.717) is 6.54 Å². The smallest absolute Gasteiger partial charge is 0.261 e. The summed E-state index contributed by atoms with van der Waals surface area (Å²) >= 11 is 0. The third-order valence-corrected chi connectivity index (χ3v) is 5.23. The SMILES string of the molecule is C[C@H](Oc1cccc2c1CCCC2)C(=O)NCc1ccc(-n2ccnc2)cc1. The van der Waals surface area contributed by atoms with Crippen molar-refractivity contribution >= 4 is 5.91 Å². The molecule has 4 rings (SSSR count). The number of amides is 1. The van der Waals surface area contributed by atoms with Gasteiger partial charge in [0.1, 0.15) is 5.75 Å². The van der Waals surface area contributed by atoms with Crippen LogP contribution >= 0.6 is 0 Å². The molecule has 1 aliphatic rings. The van der Waals surface area contributed by atoms with Gasteiger partial charge in [0, 0.05) is 24.6 Å². The van der Waals surface area contributed by atoms with Crippen LogP contribution in [-0.2, 0) is 24.2 Å². The van der Waals surface area contributed by atoms with Crippen molar-refractivity contribution in [2.75, 3.05) is 0 Å². The van der Waals surface area contributed by atoms with Gasteiger partial charge in [-0.05, 0) is 67.5 Å². The fraction of sp³-hybridized carbons (Fsp3) is 0.304. The van der Waals surface area contributed by atoms with E-state index in [1.807, 2.05) is 47.2 Å². The summed E-state index contributed by atoms with van der Waals surface area (Å²) in [5.74, 6) is 0.747. The zero-order valence-electron chi connectivity index (χ0n) is 16.1. The summed E-state index contributed by atoms with van der Waals surface area (Å²) in [6.45, 7) is 2.28. The molecular formula is C23H25N3O2. The fourth-order valence-corrected chi connectivity index (χ4v) is 3.63. The number of ether oxygens (including phenoxy) is 1. The Morgan fingerprint density at radius 3 is 2.79 bits per heavy atom. The number of carbonyl (C=O) groups is 1. The van der Waals surface area contributed by atoms with Crippen LogP contribution in [0, 0.1) is 0 Å². The minimum absolute atomic E-state index is 0.105. The Balaban J connectivity index is 1.34. The molecule has 2 aromatic carbocycles. The summed E-state index contributed by atoms with van der Waals surface area (Å²) in [6, 6.07) is 14.2. The predicted molar refractivity (Wildman–Crippen MR) is 109 cm³/mol. The second kappa shape index (κ2) is 8.30. The zero-order chi connectivity index (χ0) is 19.3. The molecule has 1 heterocycles. The number of fused-ring (bicyclic) bond motifs is 1. The number of nitrogens with one attached hydrogen (secondary N) is 1. The first-order valence-electron chi connectivity index (χ1n) is 9.83. The van der Waals surface area contributed by atoms with Gasteiger partial charge in [-0.15, -0.1) is 0 Å². The third kappa shape index (κ3) is 4.09. The van der Waals surface area contributed by atoms with Crippen molar-refractivity contribution in [3.05, 3.63) is 77.9 Å². The number of rotatable bonds is 6. The largest absolute Gasteiger partial charge is 0.481 e. The molecule has 0 aliphatic heterocycles. The molecule has 1 aromatic heterocycles. The van der Waals surface area contributed by atoms with Gasteiger partial charge >= 0.3 is 0 Å². The summed E-state index contributed by atoms with van der Waals surface area (Å²) in [4.78, 5) is 16.5. The number of hydrogen-bond donors (Lipinski definition) is 1. The van der Waals surface area contributed by atoms with Crippen LogP contribution < -0.4 is 10.1 Å². The quantitative estimate of drug-likeness (QED) is 0.712. The molecule has 5 heteroatoms. The number of hydrogen-bond acceptors (Lipinski definition) is 3.